The van der Waals surface area contributed by atoms with Crippen molar-refractivity contribution in [2.45, 2.75) is 62.9 Å². The smallest absolute Gasteiger partial charge is 0.391 e. The standard InChI is InChI=1S/C20H25F4N3O3/c1-29-16-11(10-25-18(28)19-9-13(19)6-7-26-19)8-15(21)17(27-16)30-14-4-2-12(3-5-14)20(22,23)24/h8,12-14,26H,2-7,9-10H2,1H3,(H,25,28). The number of halogens is 4. The molecule has 0 bridgehead atoms. The molecule has 1 saturated heterocycles. The van der Waals surface area contributed by atoms with Crippen molar-refractivity contribution in [1.82, 2.24) is 15.6 Å². The summed E-state index contributed by atoms with van der Waals surface area (Å²) in [7, 11) is 1.37. The molecule has 0 spiro atoms. The minimum Gasteiger partial charge on any atom is -0.481 e. The molecule has 2 heterocycles. The van der Waals surface area contributed by atoms with Crippen molar-refractivity contribution in [2.24, 2.45) is 11.8 Å². The van der Waals surface area contributed by atoms with Gasteiger partial charge in [0.15, 0.2) is 5.82 Å². The summed E-state index contributed by atoms with van der Waals surface area (Å²) in [6.07, 6.45) is -2.68. The van der Waals surface area contributed by atoms with E-state index in [1.807, 2.05) is 0 Å². The van der Waals surface area contributed by atoms with Crippen molar-refractivity contribution in [3.63, 3.8) is 0 Å². The Hall–Kier alpha value is -2.10. The van der Waals surface area contributed by atoms with Crippen molar-refractivity contribution in [3.8, 4) is 11.8 Å². The number of hydrogen-bond donors (Lipinski definition) is 2. The molecule has 0 radical (unpaired) electrons. The summed E-state index contributed by atoms with van der Waals surface area (Å²) in [5.74, 6) is -2.02. The number of pyridine rings is 1. The maximum Gasteiger partial charge on any atom is 0.391 e. The van der Waals surface area contributed by atoms with Crippen molar-refractivity contribution >= 4 is 5.91 Å². The first-order chi connectivity index (χ1) is 14.2. The molecule has 30 heavy (non-hydrogen) atoms. The average molecular weight is 431 g/mol. The Kier molecular flexibility index (Phi) is 5.54. The highest BCUT2D eigenvalue weighted by Gasteiger charge is 2.62. The van der Waals surface area contributed by atoms with Crippen LogP contribution in [-0.4, -0.2) is 42.4 Å². The van der Waals surface area contributed by atoms with Gasteiger partial charge in [-0.05, 0) is 57.1 Å². The predicted octanol–water partition coefficient (Wildman–Crippen LogP) is 3.10. The number of carbonyl (C=O) groups excluding carboxylic acids is 1. The highest BCUT2D eigenvalue weighted by molar-refractivity contribution is 5.90. The molecule has 2 atom stereocenters. The number of nitrogens with one attached hydrogen (secondary N) is 2. The second-order valence-electron chi connectivity index (χ2n) is 8.35. The van der Waals surface area contributed by atoms with Gasteiger partial charge in [-0.1, -0.05) is 0 Å². The molecular weight excluding hydrogens is 406 g/mol. The van der Waals surface area contributed by atoms with E-state index in [0.717, 1.165) is 19.4 Å². The van der Waals surface area contributed by atoms with E-state index >= 15 is 0 Å². The van der Waals surface area contributed by atoms with Gasteiger partial charge >= 0.3 is 6.18 Å². The molecule has 166 valence electrons. The van der Waals surface area contributed by atoms with Gasteiger partial charge < -0.3 is 20.1 Å². The largest absolute Gasteiger partial charge is 0.481 e. The molecule has 0 aromatic carbocycles. The van der Waals surface area contributed by atoms with Crippen LogP contribution in [0.5, 0.6) is 11.8 Å². The molecule has 1 aromatic heterocycles. The number of alkyl halides is 3. The Morgan fingerprint density at radius 3 is 2.57 bits per heavy atom. The molecule has 6 nitrogen and oxygen atoms in total. The highest BCUT2D eigenvalue weighted by atomic mass is 19.4. The maximum atomic E-state index is 14.5. The molecule has 3 fully saturated rings. The Morgan fingerprint density at radius 1 is 1.27 bits per heavy atom. The minimum atomic E-state index is -4.21. The third-order valence-electron chi connectivity index (χ3n) is 6.47. The summed E-state index contributed by atoms with van der Waals surface area (Å²) < 4.78 is 63.7. The molecule has 2 aliphatic carbocycles. The number of methoxy groups -OCH3 is 1. The van der Waals surface area contributed by atoms with E-state index in [1.165, 1.54) is 13.2 Å². The zero-order valence-corrected chi connectivity index (χ0v) is 16.7. The average Bonchev–Trinajstić information content (AvgIpc) is 3.28. The van der Waals surface area contributed by atoms with Crippen molar-refractivity contribution in [3.05, 3.63) is 17.4 Å². The van der Waals surface area contributed by atoms with Gasteiger partial charge in [0.2, 0.25) is 11.8 Å². The molecule has 1 aliphatic heterocycles. The number of fused-ring (bicyclic) bond motifs is 1. The van der Waals surface area contributed by atoms with E-state index in [0.29, 0.717) is 11.5 Å². The van der Waals surface area contributed by atoms with Gasteiger partial charge in [0.1, 0.15) is 11.6 Å². The van der Waals surface area contributed by atoms with Gasteiger partial charge in [-0.3, -0.25) is 4.79 Å². The Bertz CT molecular complexity index is 811. The number of rotatable bonds is 6. The summed E-state index contributed by atoms with van der Waals surface area (Å²) in [6.45, 7) is 0.869. The predicted molar refractivity (Wildman–Crippen MR) is 98.5 cm³/mol. The summed E-state index contributed by atoms with van der Waals surface area (Å²) in [5.41, 5.74) is -0.125. The normalized spacial score (nSPS) is 30.5. The second kappa shape index (κ2) is 7.86. The molecule has 1 amide bonds. The van der Waals surface area contributed by atoms with E-state index in [9.17, 15) is 22.4 Å². The maximum absolute atomic E-state index is 14.5. The van der Waals surface area contributed by atoms with Crippen LogP contribution in [-0.2, 0) is 11.3 Å². The molecule has 2 N–H and O–H groups in total. The number of aromatic nitrogens is 1. The summed E-state index contributed by atoms with van der Waals surface area (Å²) >= 11 is 0. The molecule has 1 aromatic rings. The van der Waals surface area contributed by atoms with Gasteiger partial charge in [-0.25, -0.2) is 4.39 Å². The van der Waals surface area contributed by atoms with Crippen LogP contribution in [0.4, 0.5) is 17.6 Å². The zero-order valence-electron chi connectivity index (χ0n) is 16.7. The van der Waals surface area contributed by atoms with Crippen LogP contribution < -0.4 is 20.1 Å². The Balaban J connectivity index is 1.37. The first-order valence-electron chi connectivity index (χ1n) is 10.2. The van der Waals surface area contributed by atoms with Gasteiger partial charge in [-0.15, -0.1) is 0 Å². The summed E-state index contributed by atoms with van der Waals surface area (Å²) in [5, 5.41) is 6.04. The number of amides is 1. The summed E-state index contributed by atoms with van der Waals surface area (Å²) in [4.78, 5) is 16.5. The number of nitrogens with zero attached hydrogens (tertiary/aromatic N) is 1. The van der Waals surface area contributed by atoms with Gasteiger partial charge in [0.25, 0.3) is 5.88 Å². The van der Waals surface area contributed by atoms with Crippen LogP contribution in [0.1, 0.15) is 44.1 Å². The van der Waals surface area contributed by atoms with Crippen LogP contribution in [0.15, 0.2) is 6.07 Å². The fourth-order valence-electron chi connectivity index (χ4n) is 4.60. The summed E-state index contributed by atoms with van der Waals surface area (Å²) in [6, 6.07) is 1.19. The van der Waals surface area contributed by atoms with Crippen LogP contribution >= 0.6 is 0 Å². The minimum absolute atomic E-state index is 0.0478. The van der Waals surface area contributed by atoms with E-state index in [4.69, 9.17) is 9.47 Å². The zero-order chi connectivity index (χ0) is 21.5. The first-order valence-corrected chi connectivity index (χ1v) is 10.2. The molecule has 2 unspecified atom stereocenters. The van der Waals surface area contributed by atoms with E-state index in [1.54, 1.807) is 0 Å². The molecule has 3 aliphatic rings. The lowest BCUT2D eigenvalue weighted by atomic mass is 9.87. The molecular formula is C20H25F4N3O3. The lowest BCUT2D eigenvalue weighted by Crippen LogP contribution is -2.44. The van der Waals surface area contributed by atoms with E-state index in [2.05, 4.69) is 15.6 Å². The van der Waals surface area contributed by atoms with Crippen molar-refractivity contribution in [2.75, 3.05) is 13.7 Å². The third kappa shape index (κ3) is 4.06. The fourth-order valence-corrected chi connectivity index (χ4v) is 4.60. The van der Waals surface area contributed by atoms with E-state index in [-0.39, 0.29) is 49.9 Å². The number of piperidine rings is 1. The molecule has 2 saturated carbocycles. The van der Waals surface area contributed by atoms with Gasteiger partial charge in [0, 0.05) is 12.1 Å². The lowest BCUT2D eigenvalue weighted by Gasteiger charge is -2.30. The topological polar surface area (TPSA) is 72.5 Å². The number of ether oxygens (including phenoxy) is 2. The fraction of sp³-hybridized carbons (Fsp3) is 0.700. The quantitative estimate of drug-likeness (QED) is 0.678. The van der Waals surface area contributed by atoms with Crippen LogP contribution in [0.2, 0.25) is 0 Å². The monoisotopic (exact) mass is 431 g/mol. The molecule has 4 rings (SSSR count). The second-order valence-corrected chi connectivity index (χ2v) is 8.35. The molecule has 10 heteroatoms. The SMILES string of the molecule is COc1nc(OC2CCC(C(F)(F)F)CC2)c(F)cc1CNC(=O)C12CC1CCN2. The van der Waals surface area contributed by atoms with Gasteiger partial charge in [-0.2, -0.15) is 18.2 Å². The first kappa shape index (κ1) is 21.1. The third-order valence-corrected chi connectivity index (χ3v) is 6.47. The van der Waals surface area contributed by atoms with Crippen molar-refractivity contribution < 1.29 is 31.8 Å². The van der Waals surface area contributed by atoms with Gasteiger partial charge in [0.05, 0.1) is 13.0 Å². The van der Waals surface area contributed by atoms with Crippen molar-refractivity contribution in [1.29, 1.82) is 0 Å². The highest BCUT2D eigenvalue weighted by Crippen LogP contribution is 2.49. The van der Waals surface area contributed by atoms with Crippen LogP contribution in [0.3, 0.4) is 0 Å². The lowest BCUT2D eigenvalue weighted by molar-refractivity contribution is -0.185. The number of hydrogen-bond acceptors (Lipinski definition) is 5. The Labute approximate surface area is 171 Å². The van der Waals surface area contributed by atoms with Crippen LogP contribution in [0.25, 0.3) is 0 Å². The number of carbonyl (C=O) groups is 1. The Morgan fingerprint density at radius 2 is 2.00 bits per heavy atom. The van der Waals surface area contributed by atoms with E-state index < -0.39 is 29.6 Å². The van der Waals surface area contributed by atoms with Crippen LogP contribution in [0, 0.1) is 17.7 Å².